The van der Waals surface area contributed by atoms with E-state index in [0.717, 1.165) is 5.56 Å². The van der Waals surface area contributed by atoms with Crippen LogP contribution >= 0.6 is 0 Å². The lowest BCUT2D eigenvalue weighted by Crippen LogP contribution is -1.83. The molecule has 1 nitrogen and oxygen atoms in total. The van der Waals surface area contributed by atoms with Crippen LogP contribution in [0.5, 0.6) is 5.75 Å². The molecule has 0 aromatic heterocycles. The Balaban J connectivity index is 2.03. The Hall–Kier alpha value is -2.27. The molecule has 0 radical (unpaired) electrons. The Morgan fingerprint density at radius 3 is 2.25 bits per heavy atom. The molecule has 0 fully saturated rings. The lowest BCUT2D eigenvalue weighted by atomic mass is 10.2. The summed E-state index contributed by atoms with van der Waals surface area (Å²) in [5.74, 6) is 3.09. The SMILES string of the molecule is Fc1ccc(OC#Cc2ccccc2)cc1. The van der Waals surface area contributed by atoms with E-state index in [1.807, 2.05) is 30.3 Å². The first-order valence-corrected chi connectivity index (χ1v) is 4.83. The first-order valence-electron chi connectivity index (χ1n) is 4.83. The van der Waals surface area contributed by atoms with E-state index in [4.69, 9.17) is 4.74 Å². The van der Waals surface area contributed by atoms with E-state index in [1.165, 1.54) is 24.3 Å². The quantitative estimate of drug-likeness (QED) is 0.659. The second-order valence-corrected chi connectivity index (χ2v) is 3.15. The molecule has 0 spiro atoms. The molecule has 0 amide bonds. The van der Waals surface area contributed by atoms with Crippen LogP contribution in [-0.4, -0.2) is 0 Å². The standard InChI is InChI=1S/C14H9FO/c15-13-6-8-14(9-7-13)16-11-10-12-4-2-1-3-5-12/h1-9H. The lowest BCUT2D eigenvalue weighted by Gasteiger charge is -1.95. The van der Waals surface area contributed by atoms with Crippen LogP contribution in [0.3, 0.4) is 0 Å². The summed E-state index contributed by atoms with van der Waals surface area (Å²) in [5.41, 5.74) is 0.879. The van der Waals surface area contributed by atoms with Crippen molar-refractivity contribution in [3.05, 3.63) is 66.0 Å². The van der Waals surface area contributed by atoms with Crippen LogP contribution in [0.4, 0.5) is 4.39 Å². The molecule has 16 heavy (non-hydrogen) atoms. The zero-order chi connectivity index (χ0) is 11.2. The summed E-state index contributed by atoms with van der Waals surface area (Å²) in [6.07, 6.45) is 2.56. The van der Waals surface area contributed by atoms with E-state index < -0.39 is 0 Å². The lowest BCUT2D eigenvalue weighted by molar-refractivity contribution is 0.516. The Morgan fingerprint density at radius 2 is 1.56 bits per heavy atom. The number of hydrogen-bond donors (Lipinski definition) is 0. The third-order valence-electron chi connectivity index (χ3n) is 1.95. The minimum atomic E-state index is -0.289. The van der Waals surface area contributed by atoms with Gasteiger partial charge in [0.05, 0.1) is 0 Å². The van der Waals surface area contributed by atoms with E-state index in [-0.39, 0.29) is 5.82 Å². The molecule has 2 aromatic rings. The highest BCUT2D eigenvalue weighted by molar-refractivity contribution is 5.33. The molecule has 78 valence electrons. The minimum absolute atomic E-state index is 0.289. The summed E-state index contributed by atoms with van der Waals surface area (Å²) in [6.45, 7) is 0. The molecule has 0 aliphatic rings. The molecule has 0 bridgehead atoms. The molecule has 0 aliphatic heterocycles. The molecule has 0 atom stereocenters. The molecular weight excluding hydrogens is 203 g/mol. The summed E-state index contributed by atoms with van der Waals surface area (Å²) in [4.78, 5) is 0. The molecule has 2 aromatic carbocycles. The average Bonchev–Trinajstić information content (AvgIpc) is 2.33. The predicted molar refractivity (Wildman–Crippen MR) is 60.3 cm³/mol. The van der Waals surface area contributed by atoms with Crippen LogP contribution in [0, 0.1) is 17.8 Å². The van der Waals surface area contributed by atoms with Crippen LogP contribution in [0.25, 0.3) is 0 Å². The number of benzene rings is 2. The molecule has 0 aliphatic carbocycles. The molecule has 2 heteroatoms. The van der Waals surface area contributed by atoms with E-state index in [0.29, 0.717) is 5.75 Å². The topological polar surface area (TPSA) is 9.23 Å². The summed E-state index contributed by atoms with van der Waals surface area (Å²) in [7, 11) is 0. The van der Waals surface area contributed by atoms with Gasteiger partial charge in [0.1, 0.15) is 17.7 Å². The van der Waals surface area contributed by atoms with Crippen molar-refractivity contribution >= 4 is 0 Å². The van der Waals surface area contributed by atoms with E-state index >= 15 is 0 Å². The Labute approximate surface area is 93.5 Å². The largest absolute Gasteiger partial charge is 0.407 e. The second-order valence-electron chi connectivity index (χ2n) is 3.15. The van der Waals surface area contributed by atoms with Crippen LogP contribution in [0.2, 0.25) is 0 Å². The molecule has 0 saturated heterocycles. The smallest absolute Gasteiger partial charge is 0.140 e. The van der Waals surface area contributed by atoms with Gasteiger partial charge in [-0.05, 0) is 42.3 Å². The fourth-order valence-electron chi connectivity index (χ4n) is 1.17. The molecule has 0 heterocycles. The maximum atomic E-state index is 12.6. The van der Waals surface area contributed by atoms with Crippen LogP contribution < -0.4 is 4.74 Å². The summed E-state index contributed by atoms with van der Waals surface area (Å²) < 4.78 is 17.7. The van der Waals surface area contributed by atoms with Gasteiger partial charge in [-0.15, -0.1) is 0 Å². The van der Waals surface area contributed by atoms with E-state index in [1.54, 1.807) is 0 Å². The van der Waals surface area contributed by atoms with Gasteiger partial charge in [0.25, 0.3) is 0 Å². The van der Waals surface area contributed by atoms with Crippen LogP contribution in [0.15, 0.2) is 54.6 Å². The van der Waals surface area contributed by atoms with Gasteiger partial charge in [0, 0.05) is 5.56 Å². The number of halogens is 1. The maximum Gasteiger partial charge on any atom is 0.140 e. The van der Waals surface area contributed by atoms with E-state index in [2.05, 4.69) is 12.0 Å². The zero-order valence-electron chi connectivity index (χ0n) is 8.48. The van der Waals surface area contributed by atoms with Crippen LogP contribution in [0.1, 0.15) is 5.56 Å². The third-order valence-corrected chi connectivity index (χ3v) is 1.95. The number of rotatable bonds is 1. The van der Waals surface area contributed by atoms with Gasteiger partial charge in [-0.3, -0.25) is 0 Å². The van der Waals surface area contributed by atoms with Gasteiger partial charge in [0.2, 0.25) is 0 Å². The van der Waals surface area contributed by atoms with Crippen LogP contribution in [-0.2, 0) is 0 Å². The predicted octanol–water partition coefficient (Wildman–Crippen LogP) is 3.21. The highest BCUT2D eigenvalue weighted by Gasteiger charge is 1.91. The Morgan fingerprint density at radius 1 is 0.875 bits per heavy atom. The Bertz CT molecular complexity index is 506. The third kappa shape index (κ3) is 2.86. The maximum absolute atomic E-state index is 12.6. The van der Waals surface area contributed by atoms with Crippen molar-refractivity contribution in [1.29, 1.82) is 0 Å². The second kappa shape index (κ2) is 4.99. The van der Waals surface area contributed by atoms with Gasteiger partial charge in [-0.2, -0.15) is 0 Å². The van der Waals surface area contributed by atoms with Crippen molar-refractivity contribution in [3.63, 3.8) is 0 Å². The van der Waals surface area contributed by atoms with Crippen molar-refractivity contribution in [1.82, 2.24) is 0 Å². The summed E-state index contributed by atoms with van der Waals surface area (Å²) in [6, 6.07) is 15.3. The van der Waals surface area contributed by atoms with E-state index in [9.17, 15) is 4.39 Å². The molecule has 0 saturated carbocycles. The van der Waals surface area contributed by atoms with Gasteiger partial charge in [0.15, 0.2) is 0 Å². The van der Waals surface area contributed by atoms with Gasteiger partial charge < -0.3 is 4.74 Å². The van der Waals surface area contributed by atoms with Gasteiger partial charge >= 0.3 is 0 Å². The highest BCUT2D eigenvalue weighted by atomic mass is 19.1. The van der Waals surface area contributed by atoms with Crippen molar-refractivity contribution < 1.29 is 9.13 Å². The average molecular weight is 212 g/mol. The molecule has 2 rings (SSSR count). The van der Waals surface area contributed by atoms with Crippen molar-refractivity contribution in [2.24, 2.45) is 0 Å². The number of ether oxygens (including phenoxy) is 1. The summed E-state index contributed by atoms with van der Waals surface area (Å²) >= 11 is 0. The zero-order valence-corrected chi connectivity index (χ0v) is 8.48. The molecule has 0 unspecified atom stereocenters. The molecule has 0 N–H and O–H groups in total. The fourth-order valence-corrected chi connectivity index (χ4v) is 1.17. The summed E-state index contributed by atoms with van der Waals surface area (Å²) in [5, 5.41) is 0. The highest BCUT2D eigenvalue weighted by Crippen LogP contribution is 2.10. The van der Waals surface area contributed by atoms with Crippen molar-refractivity contribution in [2.45, 2.75) is 0 Å². The normalized spacial score (nSPS) is 9.06. The monoisotopic (exact) mass is 212 g/mol. The Kier molecular flexibility index (Phi) is 3.20. The van der Waals surface area contributed by atoms with Gasteiger partial charge in [-0.25, -0.2) is 4.39 Å². The first-order chi connectivity index (χ1) is 7.84. The van der Waals surface area contributed by atoms with Gasteiger partial charge in [-0.1, -0.05) is 18.2 Å². The number of hydrogen-bond acceptors (Lipinski definition) is 1. The minimum Gasteiger partial charge on any atom is -0.407 e. The molecular formula is C14H9FO. The van der Waals surface area contributed by atoms with Crippen molar-refractivity contribution in [3.8, 4) is 17.8 Å². The first kappa shape index (κ1) is 10.3. The van der Waals surface area contributed by atoms with Crippen molar-refractivity contribution in [2.75, 3.05) is 0 Å². The fraction of sp³-hybridized carbons (Fsp3) is 0.